The molecule has 0 unspecified atom stereocenters. The molecule has 1 amide bonds. The predicted molar refractivity (Wildman–Crippen MR) is 177 cm³/mol. The van der Waals surface area contributed by atoms with E-state index in [1.54, 1.807) is 18.2 Å². The van der Waals surface area contributed by atoms with Crippen molar-refractivity contribution in [2.45, 2.75) is 72.8 Å². The van der Waals surface area contributed by atoms with Gasteiger partial charge in [0, 0.05) is 30.2 Å². The number of hydrogen-bond acceptors (Lipinski definition) is 7. The van der Waals surface area contributed by atoms with Gasteiger partial charge in [0.1, 0.15) is 11.4 Å². The number of nitrogens with one attached hydrogen (secondary N) is 1. The number of Topliss-reactive ketones (excluding diaryl/α,β-unsaturated/α-hetero) is 1. The van der Waals surface area contributed by atoms with Crippen molar-refractivity contribution in [3.8, 4) is 22.6 Å². The molecule has 4 aromatic rings. The summed E-state index contributed by atoms with van der Waals surface area (Å²) in [4.78, 5) is 43.0. The second-order valence-electron chi connectivity index (χ2n) is 11.9. The average Bonchev–Trinajstić information content (AvgIpc) is 2.99. The first-order valence-electron chi connectivity index (χ1n) is 15.4. The zero-order valence-corrected chi connectivity index (χ0v) is 27.0. The Balaban J connectivity index is 1.52. The zero-order chi connectivity index (χ0) is 32.6. The molecule has 1 N–H and O–H groups in total. The van der Waals surface area contributed by atoms with Gasteiger partial charge in [-0.2, -0.15) is 0 Å². The molecule has 236 valence electrons. The number of rotatable bonds is 13. The second kappa shape index (κ2) is 14.8. The molecule has 0 atom stereocenters. The highest BCUT2D eigenvalue weighted by Gasteiger charge is 2.18. The van der Waals surface area contributed by atoms with Crippen LogP contribution in [0.25, 0.3) is 22.0 Å². The third-order valence-electron chi connectivity index (χ3n) is 6.99. The second-order valence-corrected chi connectivity index (χ2v) is 11.9. The Morgan fingerprint density at radius 2 is 1.51 bits per heavy atom. The van der Waals surface area contributed by atoms with Crippen LogP contribution in [-0.2, 0) is 20.7 Å². The molecule has 0 saturated carbocycles. The topological polar surface area (TPSA) is 104 Å². The van der Waals surface area contributed by atoms with Gasteiger partial charge in [-0.25, -0.2) is 4.98 Å². The molecule has 0 radical (unpaired) electrons. The largest absolute Gasteiger partial charge is 0.490 e. The molecule has 0 aliphatic carbocycles. The molecule has 0 saturated heterocycles. The summed E-state index contributed by atoms with van der Waals surface area (Å²) in [7, 11) is 0. The van der Waals surface area contributed by atoms with Crippen molar-refractivity contribution in [1.82, 2.24) is 4.98 Å². The number of benzene rings is 3. The van der Waals surface area contributed by atoms with Gasteiger partial charge in [0.05, 0.1) is 18.7 Å². The van der Waals surface area contributed by atoms with Crippen LogP contribution in [-0.4, -0.2) is 41.5 Å². The minimum atomic E-state index is -0.528. The first-order chi connectivity index (χ1) is 21.5. The van der Waals surface area contributed by atoms with Crippen molar-refractivity contribution in [2.75, 3.05) is 18.5 Å². The number of amides is 1. The van der Waals surface area contributed by atoms with E-state index in [-0.39, 0.29) is 36.9 Å². The Kier molecular flexibility index (Phi) is 10.9. The molecule has 8 nitrogen and oxygen atoms in total. The van der Waals surface area contributed by atoms with Crippen molar-refractivity contribution in [2.24, 2.45) is 0 Å². The van der Waals surface area contributed by atoms with Gasteiger partial charge < -0.3 is 19.5 Å². The summed E-state index contributed by atoms with van der Waals surface area (Å²) < 4.78 is 16.7. The maximum Gasteiger partial charge on any atom is 0.306 e. The monoisotopic (exact) mass is 610 g/mol. The van der Waals surface area contributed by atoms with Gasteiger partial charge in [-0.1, -0.05) is 35.9 Å². The van der Waals surface area contributed by atoms with E-state index in [2.05, 4.69) is 5.32 Å². The van der Waals surface area contributed by atoms with Crippen LogP contribution in [0.4, 0.5) is 5.82 Å². The number of carbonyl (C=O) groups is 3. The van der Waals surface area contributed by atoms with Gasteiger partial charge in [-0.05, 0) is 101 Å². The maximum atomic E-state index is 13.0. The lowest BCUT2D eigenvalue weighted by molar-refractivity contribution is -0.154. The number of pyridine rings is 1. The van der Waals surface area contributed by atoms with Gasteiger partial charge in [0.25, 0.3) is 0 Å². The molecular weight excluding hydrogens is 568 g/mol. The third-order valence-corrected chi connectivity index (χ3v) is 6.99. The molecule has 45 heavy (non-hydrogen) atoms. The zero-order valence-electron chi connectivity index (χ0n) is 27.0. The van der Waals surface area contributed by atoms with E-state index in [1.807, 2.05) is 90.1 Å². The Hall–Kier alpha value is -4.72. The Labute approximate surface area is 265 Å². The standard InChI is InChI=1S/C37H42N2O6/c1-7-43-32-18-15-27(22-33(32)44-8-2)31(40)17-19-35(41)39-34-23-28(26-13-9-24(3)10-14-26)29-21-25(11-16-30(29)38-34)12-20-36(42)45-37(4,5)6/h9-11,13-16,18,21-23H,7-8,12,17,19-20H2,1-6H3,(H,38,39,41). The van der Waals surface area contributed by atoms with Gasteiger partial charge >= 0.3 is 5.97 Å². The highest BCUT2D eigenvalue weighted by molar-refractivity contribution is 6.02. The number of nitrogens with zero attached hydrogens (tertiary/aromatic N) is 1. The number of ether oxygens (including phenoxy) is 3. The molecule has 0 fully saturated rings. The van der Waals surface area contributed by atoms with E-state index in [9.17, 15) is 14.4 Å². The number of aryl methyl sites for hydroxylation is 2. The van der Waals surface area contributed by atoms with E-state index in [0.717, 1.165) is 27.6 Å². The smallest absolute Gasteiger partial charge is 0.306 e. The van der Waals surface area contributed by atoms with Crippen LogP contribution in [0.3, 0.4) is 0 Å². The highest BCUT2D eigenvalue weighted by Crippen LogP contribution is 2.32. The first kappa shape index (κ1) is 33.2. The lowest BCUT2D eigenvalue weighted by Crippen LogP contribution is -2.24. The molecule has 0 aliphatic rings. The quantitative estimate of drug-likeness (QED) is 0.121. The first-order valence-corrected chi connectivity index (χ1v) is 15.4. The number of ketones is 1. The fourth-order valence-electron chi connectivity index (χ4n) is 4.90. The van der Waals surface area contributed by atoms with Crippen LogP contribution in [0.5, 0.6) is 11.5 Å². The number of fused-ring (bicyclic) bond motifs is 1. The molecule has 0 bridgehead atoms. The molecule has 8 heteroatoms. The Morgan fingerprint density at radius 3 is 2.20 bits per heavy atom. The molecule has 1 aromatic heterocycles. The van der Waals surface area contributed by atoms with Gasteiger partial charge in [-0.3, -0.25) is 14.4 Å². The predicted octanol–water partition coefficient (Wildman–Crippen LogP) is 7.88. The molecule has 1 heterocycles. The van der Waals surface area contributed by atoms with Crippen molar-refractivity contribution >= 4 is 34.4 Å². The number of carbonyl (C=O) groups excluding carboxylic acids is 3. The number of aromatic nitrogens is 1. The maximum absolute atomic E-state index is 13.0. The van der Waals surface area contributed by atoms with Gasteiger partial charge in [0.15, 0.2) is 17.3 Å². The van der Waals surface area contributed by atoms with Crippen molar-refractivity contribution in [1.29, 1.82) is 0 Å². The summed E-state index contributed by atoms with van der Waals surface area (Å²) >= 11 is 0. The summed E-state index contributed by atoms with van der Waals surface area (Å²) in [5, 5.41) is 3.80. The SMILES string of the molecule is CCOc1ccc(C(=O)CCC(=O)Nc2cc(-c3ccc(C)cc3)c3cc(CCC(=O)OC(C)(C)C)ccc3n2)cc1OCC. The summed E-state index contributed by atoms with van der Waals surface area (Å²) in [5.74, 6) is 0.766. The highest BCUT2D eigenvalue weighted by atomic mass is 16.6. The van der Waals surface area contributed by atoms with E-state index >= 15 is 0 Å². The van der Waals surface area contributed by atoms with Crippen LogP contribution in [0.2, 0.25) is 0 Å². The van der Waals surface area contributed by atoms with Crippen LogP contribution in [0.1, 0.15) is 75.4 Å². The van der Waals surface area contributed by atoms with Crippen molar-refractivity contribution < 1.29 is 28.6 Å². The van der Waals surface area contributed by atoms with E-state index in [4.69, 9.17) is 19.2 Å². The van der Waals surface area contributed by atoms with Crippen LogP contribution in [0.15, 0.2) is 66.7 Å². The Morgan fingerprint density at radius 1 is 0.800 bits per heavy atom. The summed E-state index contributed by atoms with van der Waals surface area (Å²) in [6.07, 6.45) is 0.835. The van der Waals surface area contributed by atoms with E-state index < -0.39 is 5.60 Å². The molecule has 0 spiro atoms. The molecule has 0 aliphatic heterocycles. The fraction of sp³-hybridized carbons (Fsp3) is 0.351. The molecular formula is C37H42N2O6. The summed E-state index contributed by atoms with van der Waals surface area (Å²) in [6, 6.07) is 21.0. The minimum absolute atomic E-state index is 0.000795. The van der Waals surface area contributed by atoms with Gasteiger partial charge in [-0.15, -0.1) is 0 Å². The van der Waals surface area contributed by atoms with Crippen LogP contribution in [0, 0.1) is 6.92 Å². The molecule has 4 rings (SSSR count). The average molecular weight is 611 g/mol. The fourth-order valence-corrected chi connectivity index (χ4v) is 4.90. The van der Waals surface area contributed by atoms with Crippen LogP contribution < -0.4 is 14.8 Å². The summed E-state index contributed by atoms with van der Waals surface area (Å²) in [6.45, 7) is 12.3. The Bertz CT molecular complexity index is 1670. The number of anilines is 1. The van der Waals surface area contributed by atoms with Gasteiger partial charge in [0.2, 0.25) is 5.91 Å². The minimum Gasteiger partial charge on any atom is -0.490 e. The van der Waals surface area contributed by atoms with E-state index in [1.165, 1.54) is 0 Å². The lowest BCUT2D eigenvalue weighted by atomic mass is 9.97. The number of hydrogen-bond donors (Lipinski definition) is 1. The summed E-state index contributed by atoms with van der Waals surface area (Å²) in [5.41, 5.74) is 4.64. The normalized spacial score (nSPS) is 11.2. The third kappa shape index (κ3) is 9.38. The lowest BCUT2D eigenvalue weighted by Gasteiger charge is -2.19. The van der Waals surface area contributed by atoms with Crippen molar-refractivity contribution in [3.63, 3.8) is 0 Å². The van der Waals surface area contributed by atoms with Crippen LogP contribution >= 0.6 is 0 Å². The van der Waals surface area contributed by atoms with E-state index in [0.29, 0.717) is 48.0 Å². The van der Waals surface area contributed by atoms with Crippen molar-refractivity contribution in [3.05, 3.63) is 83.4 Å². The molecule has 3 aromatic carbocycles. The number of esters is 1.